The van der Waals surface area contributed by atoms with Gasteiger partial charge in [-0.3, -0.25) is 9.59 Å². The first-order valence-corrected chi connectivity index (χ1v) is 5.53. The second-order valence-electron chi connectivity index (χ2n) is 4.26. The van der Waals surface area contributed by atoms with Crippen LogP contribution in [0.25, 0.3) is 0 Å². The highest BCUT2D eigenvalue weighted by Gasteiger charge is 2.29. The molecule has 84 valence electrons. The number of amides is 2. The van der Waals surface area contributed by atoms with E-state index < -0.39 is 0 Å². The molecule has 0 aromatic carbocycles. The van der Waals surface area contributed by atoms with Gasteiger partial charge in [0, 0.05) is 25.6 Å². The lowest BCUT2D eigenvalue weighted by Gasteiger charge is -2.24. The van der Waals surface area contributed by atoms with E-state index in [2.05, 4.69) is 16.0 Å². The number of rotatable bonds is 2. The molecule has 2 heterocycles. The summed E-state index contributed by atoms with van der Waals surface area (Å²) in [5, 5.41) is 8.90. The van der Waals surface area contributed by atoms with Crippen LogP contribution >= 0.6 is 0 Å². The van der Waals surface area contributed by atoms with Crippen LogP contribution in [-0.2, 0) is 9.59 Å². The summed E-state index contributed by atoms with van der Waals surface area (Å²) in [5.41, 5.74) is 0. The maximum atomic E-state index is 11.7. The number of hydrogen-bond acceptors (Lipinski definition) is 3. The van der Waals surface area contributed by atoms with Gasteiger partial charge in [0.25, 0.3) is 0 Å². The molecule has 5 nitrogen and oxygen atoms in total. The van der Waals surface area contributed by atoms with Gasteiger partial charge in [0.1, 0.15) is 0 Å². The van der Waals surface area contributed by atoms with E-state index in [-0.39, 0.29) is 23.8 Å². The molecule has 5 heteroatoms. The van der Waals surface area contributed by atoms with Crippen molar-refractivity contribution in [1.82, 2.24) is 16.0 Å². The van der Waals surface area contributed by atoms with E-state index in [1.54, 1.807) is 0 Å². The fourth-order valence-electron chi connectivity index (χ4n) is 2.08. The van der Waals surface area contributed by atoms with E-state index in [9.17, 15) is 9.59 Å². The van der Waals surface area contributed by atoms with Crippen molar-refractivity contribution in [2.75, 3.05) is 19.6 Å². The first-order valence-electron chi connectivity index (χ1n) is 5.53. The minimum Gasteiger partial charge on any atom is -0.355 e. The van der Waals surface area contributed by atoms with Crippen LogP contribution in [0.1, 0.15) is 19.3 Å². The third-order valence-corrected chi connectivity index (χ3v) is 2.99. The standard InChI is InChI=1S/C10H17N3O2/c14-9-4-7(5-12-9)10(15)13-8-2-1-3-11-6-8/h7-8,11H,1-6H2,(H,12,14)(H,13,15)/t7?,8-/m0/s1. The van der Waals surface area contributed by atoms with E-state index in [1.807, 2.05) is 0 Å². The molecular weight excluding hydrogens is 194 g/mol. The van der Waals surface area contributed by atoms with Gasteiger partial charge in [-0.15, -0.1) is 0 Å². The molecule has 0 radical (unpaired) electrons. The molecule has 0 aliphatic carbocycles. The molecule has 15 heavy (non-hydrogen) atoms. The molecule has 0 saturated carbocycles. The van der Waals surface area contributed by atoms with Crippen molar-refractivity contribution in [1.29, 1.82) is 0 Å². The Bertz CT molecular complexity index is 261. The van der Waals surface area contributed by atoms with Crippen LogP contribution in [0.4, 0.5) is 0 Å². The SMILES string of the molecule is O=C1CC(C(=O)N[C@H]2CCCNC2)CN1. The minimum absolute atomic E-state index is 0.0158. The second kappa shape index (κ2) is 4.61. The molecule has 2 atom stereocenters. The molecular formula is C10H17N3O2. The zero-order valence-corrected chi connectivity index (χ0v) is 8.71. The first-order chi connectivity index (χ1) is 7.25. The Labute approximate surface area is 89.0 Å². The zero-order valence-electron chi connectivity index (χ0n) is 8.71. The van der Waals surface area contributed by atoms with Gasteiger partial charge in [0.05, 0.1) is 5.92 Å². The van der Waals surface area contributed by atoms with E-state index in [0.29, 0.717) is 13.0 Å². The van der Waals surface area contributed by atoms with Crippen LogP contribution in [0.15, 0.2) is 0 Å². The van der Waals surface area contributed by atoms with Gasteiger partial charge < -0.3 is 16.0 Å². The van der Waals surface area contributed by atoms with Crippen LogP contribution in [0.5, 0.6) is 0 Å². The number of carbonyl (C=O) groups is 2. The molecule has 0 spiro atoms. The highest BCUT2D eigenvalue weighted by atomic mass is 16.2. The highest BCUT2D eigenvalue weighted by Crippen LogP contribution is 2.10. The molecule has 2 aliphatic heterocycles. The average Bonchev–Trinajstić information content (AvgIpc) is 2.66. The topological polar surface area (TPSA) is 70.2 Å². The van der Waals surface area contributed by atoms with Crippen LogP contribution < -0.4 is 16.0 Å². The van der Waals surface area contributed by atoms with E-state index in [4.69, 9.17) is 0 Å². The molecule has 2 fully saturated rings. The Balaban J connectivity index is 1.78. The van der Waals surface area contributed by atoms with Gasteiger partial charge in [0.15, 0.2) is 0 Å². The van der Waals surface area contributed by atoms with Gasteiger partial charge in [-0.25, -0.2) is 0 Å². The average molecular weight is 211 g/mol. The van der Waals surface area contributed by atoms with Crippen LogP contribution in [0, 0.1) is 5.92 Å². The van der Waals surface area contributed by atoms with Crippen molar-refractivity contribution >= 4 is 11.8 Å². The fourth-order valence-corrected chi connectivity index (χ4v) is 2.08. The highest BCUT2D eigenvalue weighted by molar-refractivity contribution is 5.89. The van der Waals surface area contributed by atoms with Gasteiger partial charge in [0.2, 0.25) is 11.8 Å². The fraction of sp³-hybridized carbons (Fsp3) is 0.800. The maximum absolute atomic E-state index is 11.7. The molecule has 2 aliphatic rings. The monoisotopic (exact) mass is 211 g/mol. The third kappa shape index (κ3) is 2.68. The third-order valence-electron chi connectivity index (χ3n) is 2.99. The minimum atomic E-state index is -0.167. The number of nitrogens with one attached hydrogen (secondary N) is 3. The summed E-state index contributed by atoms with van der Waals surface area (Å²) in [7, 11) is 0. The molecule has 2 amide bonds. The maximum Gasteiger partial charge on any atom is 0.225 e. The van der Waals surface area contributed by atoms with Crippen molar-refractivity contribution < 1.29 is 9.59 Å². The molecule has 0 aromatic heterocycles. The Hall–Kier alpha value is -1.10. The normalized spacial score (nSPS) is 31.1. The Morgan fingerprint density at radius 2 is 2.27 bits per heavy atom. The predicted octanol–water partition coefficient (Wildman–Crippen LogP) is -1.01. The summed E-state index contributed by atoms with van der Waals surface area (Å²) in [6, 6.07) is 0.238. The molecule has 2 saturated heterocycles. The Morgan fingerprint density at radius 3 is 2.87 bits per heavy atom. The van der Waals surface area contributed by atoms with Crippen molar-refractivity contribution in [3.8, 4) is 0 Å². The Morgan fingerprint density at radius 1 is 1.40 bits per heavy atom. The molecule has 2 rings (SSSR count). The Kier molecular flexibility index (Phi) is 3.20. The zero-order chi connectivity index (χ0) is 10.7. The van der Waals surface area contributed by atoms with Crippen LogP contribution in [0.2, 0.25) is 0 Å². The lowest BCUT2D eigenvalue weighted by atomic mass is 10.0. The summed E-state index contributed by atoms with van der Waals surface area (Å²) in [6.07, 6.45) is 2.48. The van der Waals surface area contributed by atoms with Gasteiger partial charge in [-0.1, -0.05) is 0 Å². The van der Waals surface area contributed by atoms with Crippen molar-refractivity contribution in [3.63, 3.8) is 0 Å². The van der Waals surface area contributed by atoms with Gasteiger partial charge in [-0.05, 0) is 19.4 Å². The summed E-state index contributed by atoms with van der Waals surface area (Å²) < 4.78 is 0. The summed E-state index contributed by atoms with van der Waals surface area (Å²) >= 11 is 0. The largest absolute Gasteiger partial charge is 0.355 e. The second-order valence-corrected chi connectivity index (χ2v) is 4.26. The lowest BCUT2D eigenvalue weighted by molar-refractivity contribution is -0.127. The molecule has 0 aromatic rings. The quantitative estimate of drug-likeness (QED) is 0.548. The molecule has 0 bridgehead atoms. The molecule has 1 unspecified atom stereocenters. The number of hydrogen-bond donors (Lipinski definition) is 3. The lowest BCUT2D eigenvalue weighted by Crippen LogP contribution is -2.47. The molecule has 3 N–H and O–H groups in total. The predicted molar refractivity (Wildman–Crippen MR) is 55.2 cm³/mol. The van der Waals surface area contributed by atoms with Crippen LogP contribution in [-0.4, -0.2) is 37.5 Å². The van der Waals surface area contributed by atoms with Gasteiger partial charge in [-0.2, -0.15) is 0 Å². The van der Waals surface area contributed by atoms with E-state index in [1.165, 1.54) is 0 Å². The van der Waals surface area contributed by atoms with E-state index >= 15 is 0 Å². The smallest absolute Gasteiger partial charge is 0.225 e. The summed E-state index contributed by atoms with van der Waals surface area (Å²) in [4.78, 5) is 22.7. The number of piperidine rings is 1. The van der Waals surface area contributed by atoms with Crippen LogP contribution in [0.3, 0.4) is 0 Å². The van der Waals surface area contributed by atoms with Crippen molar-refractivity contribution in [3.05, 3.63) is 0 Å². The van der Waals surface area contributed by atoms with Gasteiger partial charge >= 0.3 is 0 Å². The van der Waals surface area contributed by atoms with Crippen molar-refractivity contribution in [2.24, 2.45) is 5.92 Å². The van der Waals surface area contributed by atoms with Crippen molar-refractivity contribution in [2.45, 2.75) is 25.3 Å². The number of carbonyl (C=O) groups excluding carboxylic acids is 2. The van der Waals surface area contributed by atoms with E-state index in [0.717, 1.165) is 25.9 Å². The summed E-state index contributed by atoms with van der Waals surface area (Å²) in [6.45, 7) is 2.38. The summed E-state index contributed by atoms with van der Waals surface area (Å²) in [5.74, 6) is -0.168. The first kappa shape index (κ1) is 10.4.